The minimum atomic E-state index is 0.0877. The summed E-state index contributed by atoms with van der Waals surface area (Å²) in [4.78, 5) is 19.8. The lowest BCUT2D eigenvalue weighted by Gasteiger charge is -2.23. The lowest BCUT2D eigenvalue weighted by molar-refractivity contribution is 0.0731. The molecule has 1 amide bonds. The van der Waals surface area contributed by atoms with Crippen LogP contribution in [0.3, 0.4) is 0 Å². The van der Waals surface area contributed by atoms with Crippen molar-refractivity contribution >= 4 is 16.8 Å². The average Bonchev–Trinajstić information content (AvgIpc) is 3.50. The monoisotopic (exact) mass is 344 g/mol. The quantitative estimate of drug-likeness (QED) is 0.640. The number of amides is 1. The van der Waals surface area contributed by atoms with E-state index in [1.54, 1.807) is 6.20 Å². The number of fused-ring (bicyclic) bond motifs is 1. The summed E-state index contributed by atoms with van der Waals surface area (Å²) in [6.07, 6.45) is 3.94. The van der Waals surface area contributed by atoms with E-state index < -0.39 is 0 Å². The summed E-state index contributed by atoms with van der Waals surface area (Å²) in [5.74, 6) is 0.608. The van der Waals surface area contributed by atoms with Crippen molar-refractivity contribution in [3.8, 4) is 0 Å². The van der Waals surface area contributed by atoms with Crippen molar-refractivity contribution in [2.75, 3.05) is 0 Å². The Bertz CT molecular complexity index is 921. The van der Waals surface area contributed by atoms with Crippen LogP contribution < -0.4 is 0 Å². The Morgan fingerprint density at radius 1 is 1.08 bits per heavy atom. The van der Waals surface area contributed by atoms with Crippen molar-refractivity contribution < 1.29 is 4.79 Å². The van der Waals surface area contributed by atoms with Gasteiger partial charge in [-0.3, -0.25) is 9.78 Å². The second kappa shape index (κ2) is 6.91. The molecule has 4 rings (SSSR count). The van der Waals surface area contributed by atoms with Gasteiger partial charge in [-0.25, -0.2) is 0 Å². The van der Waals surface area contributed by atoms with E-state index >= 15 is 0 Å². The van der Waals surface area contributed by atoms with Gasteiger partial charge in [0.2, 0.25) is 0 Å². The topological polar surface area (TPSA) is 33.2 Å². The maximum Gasteiger partial charge on any atom is 0.256 e. The van der Waals surface area contributed by atoms with Crippen molar-refractivity contribution in [2.45, 2.75) is 45.2 Å². The Labute approximate surface area is 154 Å². The summed E-state index contributed by atoms with van der Waals surface area (Å²) in [6, 6.07) is 18.8. The summed E-state index contributed by atoms with van der Waals surface area (Å²) >= 11 is 0. The van der Waals surface area contributed by atoms with Gasteiger partial charge in [0.25, 0.3) is 5.91 Å². The molecule has 1 aliphatic rings. The number of carbonyl (C=O) groups is 1. The van der Waals surface area contributed by atoms with Gasteiger partial charge in [0.1, 0.15) is 0 Å². The van der Waals surface area contributed by atoms with Crippen LogP contribution in [0.15, 0.2) is 60.8 Å². The van der Waals surface area contributed by atoms with Crippen LogP contribution >= 0.6 is 0 Å². The van der Waals surface area contributed by atoms with Crippen molar-refractivity contribution in [3.63, 3.8) is 0 Å². The highest BCUT2D eigenvalue weighted by Gasteiger charge is 2.33. The third-order valence-corrected chi connectivity index (χ3v) is 5.11. The molecule has 3 nitrogen and oxygen atoms in total. The fourth-order valence-electron chi connectivity index (χ4n) is 3.39. The van der Waals surface area contributed by atoms with E-state index in [-0.39, 0.29) is 5.91 Å². The molecule has 0 bridgehead atoms. The van der Waals surface area contributed by atoms with E-state index in [1.165, 1.54) is 11.1 Å². The number of carbonyl (C=O) groups excluding carboxylic acids is 1. The number of para-hydroxylation sites is 1. The smallest absolute Gasteiger partial charge is 0.256 e. The van der Waals surface area contributed by atoms with E-state index in [1.807, 2.05) is 35.2 Å². The Morgan fingerprint density at radius 2 is 1.81 bits per heavy atom. The molecule has 1 saturated carbocycles. The molecule has 0 unspecified atom stereocenters. The molecule has 1 aliphatic carbocycles. The zero-order valence-corrected chi connectivity index (χ0v) is 15.4. The van der Waals surface area contributed by atoms with Crippen LogP contribution in [0, 0.1) is 0 Å². The van der Waals surface area contributed by atoms with Gasteiger partial charge in [0.05, 0.1) is 11.1 Å². The second-order valence-electron chi connectivity index (χ2n) is 7.44. The first-order valence-corrected chi connectivity index (χ1v) is 9.37. The molecular weight excluding hydrogens is 320 g/mol. The Hall–Kier alpha value is -2.68. The Morgan fingerprint density at radius 3 is 2.50 bits per heavy atom. The van der Waals surface area contributed by atoms with Gasteiger partial charge in [0.15, 0.2) is 0 Å². The van der Waals surface area contributed by atoms with Crippen LogP contribution in [0.4, 0.5) is 0 Å². The highest BCUT2D eigenvalue weighted by molar-refractivity contribution is 6.05. The van der Waals surface area contributed by atoms with Gasteiger partial charge in [-0.1, -0.05) is 56.3 Å². The summed E-state index contributed by atoms with van der Waals surface area (Å²) in [5, 5.41) is 1.01. The number of hydrogen-bond acceptors (Lipinski definition) is 2. The molecule has 1 heterocycles. The fraction of sp³-hybridized carbons (Fsp3) is 0.304. The highest BCUT2D eigenvalue weighted by atomic mass is 16.2. The SMILES string of the molecule is CC(C)c1ccc(CN(C(=O)c2cccc3cccnc23)C2CC2)cc1. The van der Waals surface area contributed by atoms with Gasteiger partial charge in [0, 0.05) is 24.2 Å². The number of rotatable bonds is 5. The minimum absolute atomic E-state index is 0.0877. The lowest BCUT2D eigenvalue weighted by Crippen LogP contribution is -2.32. The third-order valence-electron chi connectivity index (χ3n) is 5.11. The molecule has 1 fully saturated rings. The van der Waals surface area contributed by atoms with Crippen LogP contribution in [0.25, 0.3) is 10.9 Å². The van der Waals surface area contributed by atoms with Crippen LogP contribution in [-0.2, 0) is 6.54 Å². The van der Waals surface area contributed by atoms with Crippen molar-refractivity contribution in [1.82, 2.24) is 9.88 Å². The summed E-state index contributed by atoms with van der Waals surface area (Å²) in [5.41, 5.74) is 4.01. The first-order chi connectivity index (χ1) is 12.6. The molecule has 132 valence electrons. The predicted octanol–water partition coefficient (Wildman–Crippen LogP) is 5.16. The molecule has 0 N–H and O–H groups in total. The molecule has 2 aromatic carbocycles. The number of benzene rings is 2. The van der Waals surface area contributed by atoms with Crippen molar-refractivity contribution in [1.29, 1.82) is 0 Å². The van der Waals surface area contributed by atoms with Crippen molar-refractivity contribution in [2.24, 2.45) is 0 Å². The number of hydrogen-bond donors (Lipinski definition) is 0. The number of pyridine rings is 1. The Balaban J connectivity index is 1.63. The average molecular weight is 344 g/mol. The second-order valence-corrected chi connectivity index (χ2v) is 7.44. The highest BCUT2D eigenvalue weighted by Crippen LogP contribution is 2.31. The lowest BCUT2D eigenvalue weighted by atomic mass is 10.0. The summed E-state index contributed by atoms with van der Waals surface area (Å²) in [7, 11) is 0. The van der Waals surface area contributed by atoms with E-state index in [0.29, 0.717) is 24.1 Å². The van der Waals surface area contributed by atoms with Crippen LogP contribution in [-0.4, -0.2) is 21.8 Å². The molecule has 0 aliphatic heterocycles. The van der Waals surface area contributed by atoms with Crippen molar-refractivity contribution in [3.05, 3.63) is 77.5 Å². The largest absolute Gasteiger partial charge is 0.331 e. The maximum absolute atomic E-state index is 13.3. The van der Waals surface area contributed by atoms with E-state index in [9.17, 15) is 4.79 Å². The zero-order valence-electron chi connectivity index (χ0n) is 15.4. The number of aromatic nitrogens is 1. The summed E-state index contributed by atoms with van der Waals surface area (Å²) in [6.45, 7) is 5.05. The van der Waals surface area contributed by atoms with Gasteiger partial charge in [-0.2, -0.15) is 0 Å². The van der Waals surface area contributed by atoms with Gasteiger partial charge in [-0.15, -0.1) is 0 Å². The molecule has 0 atom stereocenters. The molecule has 1 aromatic heterocycles. The zero-order chi connectivity index (χ0) is 18.1. The Kier molecular flexibility index (Phi) is 4.46. The molecule has 0 radical (unpaired) electrons. The normalized spacial score (nSPS) is 14.0. The molecule has 3 aromatic rings. The molecular formula is C23H24N2O. The molecule has 3 heteroatoms. The van der Waals surface area contributed by atoms with E-state index in [2.05, 4.69) is 43.1 Å². The van der Waals surface area contributed by atoms with Gasteiger partial charge >= 0.3 is 0 Å². The van der Waals surface area contributed by atoms with Crippen LogP contribution in [0.5, 0.6) is 0 Å². The van der Waals surface area contributed by atoms with Gasteiger partial charge < -0.3 is 4.90 Å². The third kappa shape index (κ3) is 3.34. The first kappa shape index (κ1) is 16.8. The molecule has 0 spiro atoms. The number of nitrogens with zero attached hydrogens (tertiary/aromatic N) is 2. The predicted molar refractivity (Wildman–Crippen MR) is 105 cm³/mol. The van der Waals surface area contributed by atoms with Gasteiger partial charge in [-0.05, 0) is 42.0 Å². The maximum atomic E-state index is 13.3. The first-order valence-electron chi connectivity index (χ1n) is 9.37. The standard InChI is InChI=1S/C23H24N2O/c1-16(2)18-10-8-17(9-11-18)15-25(20-12-13-20)23(26)21-7-3-5-19-6-4-14-24-22(19)21/h3-11,14,16,20H,12-13,15H2,1-2H3. The van der Waals surface area contributed by atoms with Crippen LogP contribution in [0.2, 0.25) is 0 Å². The van der Waals surface area contributed by atoms with Crippen LogP contribution in [0.1, 0.15) is 54.1 Å². The van der Waals surface area contributed by atoms with E-state index in [4.69, 9.17) is 0 Å². The fourth-order valence-corrected chi connectivity index (χ4v) is 3.39. The minimum Gasteiger partial charge on any atom is -0.331 e. The van der Waals surface area contributed by atoms with E-state index in [0.717, 1.165) is 23.7 Å². The molecule has 26 heavy (non-hydrogen) atoms. The summed E-state index contributed by atoms with van der Waals surface area (Å²) < 4.78 is 0. The molecule has 0 saturated heterocycles.